The van der Waals surface area contributed by atoms with Crippen LogP contribution in [0.2, 0.25) is 0 Å². The first-order valence-corrected chi connectivity index (χ1v) is 7.29. The molecule has 0 saturated carbocycles. The molecule has 0 radical (unpaired) electrons. The molecule has 1 atom stereocenters. The SMILES string of the molecule is CC(C)c1ccc(C2OCC3(CCNCC3)O2)cc1. The van der Waals surface area contributed by atoms with Crippen molar-refractivity contribution in [1.82, 2.24) is 5.32 Å². The van der Waals surface area contributed by atoms with Crippen molar-refractivity contribution in [3.63, 3.8) is 0 Å². The summed E-state index contributed by atoms with van der Waals surface area (Å²) >= 11 is 0. The molecule has 2 fully saturated rings. The number of benzene rings is 1. The molecule has 0 amide bonds. The van der Waals surface area contributed by atoms with Gasteiger partial charge in [0.05, 0.1) is 12.2 Å². The highest BCUT2D eigenvalue weighted by Gasteiger charge is 2.42. The number of hydrogen-bond donors (Lipinski definition) is 1. The molecule has 1 unspecified atom stereocenters. The van der Waals surface area contributed by atoms with Gasteiger partial charge < -0.3 is 14.8 Å². The van der Waals surface area contributed by atoms with E-state index >= 15 is 0 Å². The summed E-state index contributed by atoms with van der Waals surface area (Å²) in [6.45, 7) is 7.21. The second kappa shape index (κ2) is 5.23. The van der Waals surface area contributed by atoms with Gasteiger partial charge in [0.1, 0.15) is 0 Å². The van der Waals surface area contributed by atoms with Crippen molar-refractivity contribution in [1.29, 1.82) is 0 Å². The average molecular weight is 261 g/mol. The van der Waals surface area contributed by atoms with E-state index in [1.807, 2.05) is 0 Å². The normalized spacial score (nSPS) is 26.2. The third kappa shape index (κ3) is 2.69. The molecule has 2 aliphatic rings. The Hall–Kier alpha value is -0.900. The largest absolute Gasteiger partial charge is 0.345 e. The highest BCUT2D eigenvalue weighted by Crippen LogP contribution is 2.38. The van der Waals surface area contributed by atoms with E-state index in [1.165, 1.54) is 5.56 Å². The molecule has 2 saturated heterocycles. The van der Waals surface area contributed by atoms with E-state index in [0.717, 1.165) is 38.1 Å². The van der Waals surface area contributed by atoms with Crippen LogP contribution in [0, 0.1) is 0 Å². The van der Waals surface area contributed by atoms with Crippen LogP contribution in [0.3, 0.4) is 0 Å². The predicted octanol–water partition coefficient (Wildman–Crippen LogP) is 2.98. The zero-order valence-electron chi connectivity index (χ0n) is 11.8. The van der Waals surface area contributed by atoms with Gasteiger partial charge in [0.2, 0.25) is 0 Å². The zero-order valence-corrected chi connectivity index (χ0v) is 11.8. The lowest BCUT2D eigenvalue weighted by molar-refractivity contribution is -0.101. The minimum Gasteiger partial charge on any atom is -0.345 e. The van der Waals surface area contributed by atoms with Crippen molar-refractivity contribution < 1.29 is 9.47 Å². The van der Waals surface area contributed by atoms with Crippen molar-refractivity contribution in [3.8, 4) is 0 Å². The Labute approximate surface area is 115 Å². The summed E-state index contributed by atoms with van der Waals surface area (Å²) in [6.07, 6.45) is 1.92. The van der Waals surface area contributed by atoms with Crippen LogP contribution in [0.4, 0.5) is 0 Å². The summed E-state index contributed by atoms with van der Waals surface area (Å²) < 4.78 is 12.1. The average Bonchev–Trinajstić information content (AvgIpc) is 2.83. The van der Waals surface area contributed by atoms with Gasteiger partial charge in [-0.1, -0.05) is 38.1 Å². The summed E-state index contributed by atoms with van der Waals surface area (Å²) in [5.74, 6) is 0.565. The van der Waals surface area contributed by atoms with Gasteiger partial charge in [-0.15, -0.1) is 0 Å². The van der Waals surface area contributed by atoms with Gasteiger partial charge in [-0.2, -0.15) is 0 Å². The van der Waals surface area contributed by atoms with Gasteiger partial charge in [-0.25, -0.2) is 0 Å². The number of ether oxygens (including phenoxy) is 2. The van der Waals surface area contributed by atoms with Crippen molar-refractivity contribution in [2.24, 2.45) is 0 Å². The maximum Gasteiger partial charge on any atom is 0.184 e. The fourth-order valence-electron chi connectivity index (χ4n) is 2.87. The molecule has 104 valence electrons. The van der Waals surface area contributed by atoms with E-state index in [0.29, 0.717) is 5.92 Å². The first-order chi connectivity index (χ1) is 9.19. The Balaban J connectivity index is 1.70. The highest BCUT2D eigenvalue weighted by molar-refractivity contribution is 5.26. The van der Waals surface area contributed by atoms with Crippen molar-refractivity contribution >= 4 is 0 Å². The van der Waals surface area contributed by atoms with E-state index in [9.17, 15) is 0 Å². The molecule has 0 bridgehead atoms. The number of hydrogen-bond acceptors (Lipinski definition) is 3. The molecule has 3 rings (SSSR count). The standard InChI is InChI=1S/C16H23NO2/c1-12(2)13-3-5-14(6-4-13)15-18-11-16(19-15)7-9-17-10-8-16/h3-6,12,15,17H,7-11H2,1-2H3. The van der Waals surface area contributed by atoms with E-state index < -0.39 is 0 Å². The van der Waals surface area contributed by atoms with Crippen molar-refractivity contribution in [2.75, 3.05) is 19.7 Å². The summed E-state index contributed by atoms with van der Waals surface area (Å²) in [5, 5.41) is 3.37. The molecular weight excluding hydrogens is 238 g/mol. The molecule has 1 spiro atoms. The van der Waals surface area contributed by atoms with Crippen molar-refractivity contribution in [2.45, 2.75) is 44.5 Å². The first kappa shape index (κ1) is 13.1. The van der Waals surface area contributed by atoms with Crippen LogP contribution in [0.15, 0.2) is 24.3 Å². The van der Waals surface area contributed by atoms with Crippen molar-refractivity contribution in [3.05, 3.63) is 35.4 Å². The number of piperidine rings is 1. The van der Waals surface area contributed by atoms with Crippen LogP contribution in [-0.2, 0) is 9.47 Å². The second-order valence-electron chi connectivity index (χ2n) is 6.02. The van der Waals surface area contributed by atoms with Gasteiger partial charge in [0.15, 0.2) is 6.29 Å². The highest BCUT2D eigenvalue weighted by atomic mass is 16.7. The fourth-order valence-corrected chi connectivity index (χ4v) is 2.87. The smallest absolute Gasteiger partial charge is 0.184 e. The summed E-state index contributed by atoms with van der Waals surface area (Å²) in [4.78, 5) is 0. The van der Waals surface area contributed by atoms with Gasteiger partial charge in [-0.05, 0) is 37.4 Å². The lowest BCUT2D eigenvalue weighted by atomic mass is 9.93. The minimum absolute atomic E-state index is 0.0490. The number of nitrogens with one attached hydrogen (secondary N) is 1. The van der Waals surface area contributed by atoms with Gasteiger partial charge in [0.25, 0.3) is 0 Å². The molecule has 1 N–H and O–H groups in total. The second-order valence-corrected chi connectivity index (χ2v) is 6.02. The van der Waals surface area contributed by atoms with Gasteiger partial charge in [0, 0.05) is 5.56 Å². The van der Waals surface area contributed by atoms with Gasteiger partial charge >= 0.3 is 0 Å². The molecule has 0 aliphatic carbocycles. The topological polar surface area (TPSA) is 30.5 Å². The lowest BCUT2D eigenvalue weighted by Crippen LogP contribution is -2.43. The van der Waals surface area contributed by atoms with E-state index in [2.05, 4.69) is 43.4 Å². The molecule has 3 heteroatoms. The Kier molecular flexibility index (Phi) is 3.61. The summed E-state index contributed by atoms with van der Waals surface area (Å²) in [5.41, 5.74) is 2.45. The van der Waals surface area contributed by atoms with E-state index in [-0.39, 0.29) is 11.9 Å². The Bertz CT molecular complexity index is 421. The first-order valence-electron chi connectivity index (χ1n) is 7.29. The summed E-state index contributed by atoms with van der Waals surface area (Å²) in [7, 11) is 0. The fraction of sp³-hybridized carbons (Fsp3) is 0.625. The van der Waals surface area contributed by atoms with E-state index in [4.69, 9.17) is 9.47 Å². The Morgan fingerprint density at radius 2 is 1.84 bits per heavy atom. The number of rotatable bonds is 2. The quantitative estimate of drug-likeness (QED) is 0.888. The predicted molar refractivity (Wildman–Crippen MR) is 75.1 cm³/mol. The third-order valence-corrected chi connectivity index (χ3v) is 4.24. The minimum atomic E-state index is -0.181. The molecule has 2 heterocycles. The molecule has 0 aromatic heterocycles. The maximum absolute atomic E-state index is 6.21. The Morgan fingerprint density at radius 1 is 1.16 bits per heavy atom. The Morgan fingerprint density at radius 3 is 2.47 bits per heavy atom. The maximum atomic E-state index is 6.21. The third-order valence-electron chi connectivity index (χ3n) is 4.24. The van der Waals surface area contributed by atoms with Crippen LogP contribution >= 0.6 is 0 Å². The van der Waals surface area contributed by atoms with Crippen LogP contribution in [0.5, 0.6) is 0 Å². The monoisotopic (exact) mass is 261 g/mol. The molecule has 2 aliphatic heterocycles. The van der Waals surface area contributed by atoms with E-state index in [1.54, 1.807) is 0 Å². The molecule has 1 aromatic carbocycles. The zero-order chi connectivity index (χ0) is 13.3. The van der Waals surface area contributed by atoms with Gasteiger partial charge in [-0.3, -0.25) is 0 Å². The molecule has 3 nitrogen and oxygen atoms in total. The lowest BCUT2D eigenvalue weighted by Gasteiger charge is -2.31. The molecule has 19 heavy (non-hydrogen) atoms. The molecule has 1 aromatic rings. The summed E-state index contributed by atoms with van der Waals surface area (Å²) in [6, 6.07) is 8.64. The van der Waals surface area contributed by atoms with Crippen LogP contribution in [-0.4, -0.2) is 25.3 Å². The van der Waals surface area contributed by atoms with Crippen LogP contribution in [0.1, 0.15) is 50.0 Å². The molecular formula is C16H23NO2. The van der Waals surface area contributed by atoms with Crippen LogP contribution < -0.4 is 5.32 Å². The van der Waals surface area contributed by atoms with Crippen LogP contribution in [0.25, 0.3) is 0 Å².